The zero-order valence-corrected chi connectivity index (χ0v) is 16.5. The molecule has 1 fully saturated rings. The van der Waals surface area contributed by atoms with Crippen LogP contribution in [0.4, 0.5) is 5.82 Å². The van der Waals surface area contributed by atoms with E-state index in [0.29, 0.717) is 23.7 Å². The molecular weight excluding hydrogens is 346 g/mol. The van der Waals surface area contributed by atoms with E-state index in [2.05, 4.69) is 24.0 Å². The molecule has 5 nitrogen and oxygen atoms in total. The van der Waals surface area contributed by atoms with Crippen molar-refractivity contribution in [3.8, 4) is 11.1 Å². The molecule has 4 rings (SSSR count). The molecule has 2 aromatic heterocycles. The monoisotopic (exact) mass is 375 g/mol. The van der Waals surface area contributed by atoms with Gasteiger partial charge in [-0.1, -0.05) is 50.1 Å². The molecule has 0 spiro atoms. The Morgan fingerprint density at radius 2 is 1.86 bits per heavy atom. The molecule has 146 valence electrons. The van der Waals surface area contributed by atoms with Gasteiger partial charge in [0.15, 0.2) is 0 Å². The van der Waals surface area contributed by atoms with Crippen molar-refractivity contribution in [3.63, 3.8) is 0 Å². The molecule has 0 saturated heterocycles. The van der Waals surface area contributed by atoms with Gasteiger partial charge in [-0.05, 0) is 37.2 Å². The summed E-state index contributed by atoms with van der Waals surface area (Å²) in [6, 6.07) is 10.5. The maximum atomic E-state index is 6.40. The summed E-state index contributed by atoms with van der Waals surface area (Å²) >= 11 is 0. The number of nitrogens with two attached hydrogens (primary N) is 2. The maximum absolute atomic E-state index is 6.40. The fraction of sp³-hybridized carbons (Fsp3) is 0.435. The van der Waals surface area contributed by atoms with E-state index in [1.807, 2.05) is 30.6 Å². The van der Waals surface area contributed by atoms with Crippen LogP contribution < -0.4 is 11.5 Å². The van der Waals surface area contributed by atoms with E-state index in [0.717, 1.165) is 47.1 Å². The first-order chi connectivity index (χ1) is 13.7. The van der Waals surface area contributed by atoms with E-state index in [1.54, 1.807) is 0 Å². The zero-order chi connectivity index (χ0) is 19.5. The Bertz CT molecular complexity index is 940. The molecule has 0 radical (unpaired) electrons. The average Bonchev–Trinajstić information content (AvgIpc) is 2.74. The molecule has 28 heavy (non-hydrogen) atoms. The van der Waals surface area contributed by atoms with E-state index in [4.69, 9.17) is 21.4 Å². The molecule has 0 aliphatic heterocycles. The normalized spacial score (nSPS) is 20.9. The van der Waals surface area contributed by atoms with E-state index in [-0.39, 0.29) is 0 Å². The molecule has 1 saturated carbocycles. The lowest BCUT2D eigenvalue weighted by molar-refractivity contribution is 0.270. The van der Waals surface area contributed by atoms with Gasteiger partial charge in [0.05, 0.1) is 10.9 Å². The number of aromatic nitrogens is 3. The van der Waals surface area contributed by atoms with E-state index < -0.39 is 0 Å². The van der Waals surface area contributed by atoms with Crippen molar-refractivity contribution >= 4 is 16.7 Å². The third kappa shape index (κ3) is 3.72. The van der Waals surface area contributed by atoms with Crippen LogP contribution in [0.15, 0.2) is 42.7 Å². The highest BCUT2D eigenvalue weighted by atomic mass is 14.9. The van der Waals surface area contributed by atoms with Gasteiger partial charge in [-0.15, -0.1) is 0 Å². The first-order valence-corrected chi connectivity index (χ1v) is 10.4. The quantitative estimate of drug-likeness (QED) is 0.676. The predicted molar refractivity (Wildman–Crippen MR) is 115 cm³/mol. The summed E-state index contributed by atoms with van der Waals surface area (Å²) in [6.07, 6.45) is 10.6. The number of hydrogen-bond acceptors (Lipinski definition) is 5. The van der Waals surface area contributed by atoms with Gasteiger partial charge in [0.1, 0.15) is 11.6 Å². The molecule has 3 unspecified atom stereocenters. The minimum Gasteiger partial charge on any atom is -0.383 e. The lowest BCUT2D eigenvalue weighted by Crippen LogP contribution is -2.34. The molecule has 1 aromatic carbocycles. The zero-order valence-electron chi connectivity index (χ0n) is 16.5. The Morgan fingerprint density at radius 1 is 1.07 bits per heavy atom. The third-order valence-corrected chi connectivity index (χ3v) is 6.17. The number of pyridine rings is 1. The first-order valence-electron chi connectivity index (χ1n) is 10.4. The summed E-state index contributed by atoms with van der Waals surface area (Å²) in [7, 11) is 0. The van der Waals surface area contributed by atoms with E-state index in [1.165, 1.54) is 19.3 Å². The van der Waals surface area contributed by atoms with Crippen molar-refractivity contribution in [1.82, 2.24) is 15.0 Å². The maximum Gasteiger partial charge on any atom is 0.134 e. The van der Waals surface area contributed by atoms with E-state index >= 15 is 0 Å². The molecule has 2 heterocycles. The van der Waals surface area contributed by atoms with Gasteiger partial charge in [0.25, 0.3) is 0 Å². The number of rotatable bonds is 5. The second kappa shape index (κ2) is 8.23. The van der Waals surface area contributed by atoms with Gasteiger partial charge < -0.3 is 11.5 Å². The highest BCUT2D eigenvalue weighted by molar-refractivity contribution is 5.97. The van der Waals surface area contributed by atoms with Gasteiger partial charge in [0.2, 0.25) is 0 Å². The number of fused-ring (bicyclic) bond motifs is 1. The van der Waals surface area contributed by atoms with Crippen molar-refractivity contribution < 1.29 is 0 Å². The number of anilines is 1. The molecule has 3 aromatic rings. The van der Waals surface area contributed by atoms with Crippen molar-refractivity contribution in [2.45, 2.75) is 57.4 Å². The lowest BCUT2D eigenvalue weighted by Gasteiger charge is -2.31. The number of hydrogen-bond donors (Lipinski definition) is 2. The summed E-state index contributed by atoms with van der Waals surface area (Å²) in [6.45, 7) is 2.21. The van der Waals surface area contributed by atoms with Crippen molar-refractivity contribution in [1.29, 1.82) is 0 Å². The van der Waals surface area contributed by atoms with Gasteiger partial charge in [-0.25, -0.2) is 15.0 Å². The second-order valence-electron chi connectivity index (χ2n) is 7.96. The van der Waals surface area contributed by atoms with Gasteiger partial charge in [-0.3, -0.25) is 0 Å². The fourth-order valence-corrected chi connectivity index (χ4v) is 4.43. The summed E-state index contributed by atoms with van der Waals surface area (Å²) in [5.74, 6) is 2.25. The molecule has 1 aliphatic carbocycles. The molecule has 0 bridgehead atoms. The Morgan fingerprint density at radius 3 is 2.61 bits per heavy atom. The van der Waals surface area contributed by atoms with E-state index in [9.17, 15) is 0 Å². The number of nitrogen functional groups attached to an aromatic ring is 1. The summed E-state index contributed by atoms with van der Waals surface area (Å²) in [4.78, 5) is 14.1. The van der Waals surface area contributed by atoms with Crippen LogP contribution in [-0.2, 0) is 0 Å². The van der Waals surface area contributed by atoms with Crippen LogP contribution >= 0.6 is 0 Å². The Labute approximate surface area is 166 Å². The summed E-state index contributed by atoms with van der Waals surface area (Å²) in [5.41, 5.74) is 15.5. The second-order valence-corrected chi connectivity index (χ2v) is 7.96. The fourth-order valence-electron chi connectivity index (χ4n) is 4.43. The van der Waals surface area contributed by atoms with Gasteiger partial charge in [-0.2, -0.15) is 0 Å². The highest BCUT2D eigenvalue weighted by Gasteiger charge is 2.26. The van der Waals surface area contributed by atoms with Crippen LogP contribution in [0.25, 0.3) is 22.0 Å². The van der Waals surface area contributed by atoms with Crippen LogP contribution in [0, 0.1) is 5.92 Å². The molecule has 3 atom stereocenters. The smallest absolute Gasteiger partial charge is 0.134 e. The molecule has 0 amide bonds. The van der Waals surface area contributed by atoms with Gasteiger partial charge >= 0.3 is 0 Å². The Hall–Kier alpha value is -2.53. The minimum atomic E-state index is 0.308. The van der Waals surface area contributed by atoms with Crippen molar-refractivity contribution in [2.75, 3.05) is 5.73 Å². The lowest BCUT2D eigenvalue weighted by atomic mass is 9.78. The minimum absolute atomic E-state index is 0.308. The van der Waals surface area contributed by atoms with Crippen LogP contribution in [0.5, 0.6) is 0 Å². The Balaban J connectivity index is 1.73. The Kier molecular flexibility index (Phi) is 5.53. The van der Waals surface area contributed by atoms with Gasteiger partial charge in [0, 0.05) is 29.9 Å². The van der Waals surface area contributed by atoms with Crippen LogP contribution in [0.2, 0.25) is 0 Å². The predicted octanol–water partition coefficient (Wildman–Crippen LogP) is 4.68. The topological polar surface area (TPSA) is 90.7 Å². The highest BCUT2D eigenvalue weighted by Crippen LogP contribution is 2.35. The van der Waals surface area contributed by atoms with Crippen molar-refractivity contribution in [3.05, 3.63) is 48.5 Å². The number of benzene rings is 1. The van der Waals surface area contributed by atoms with Crippen LogP contribution in [-0.4, -0.2) is 21.0 Å². The molecule has 1 aliphatic rings. The standard InChI is InChI=1S/C23H29N5/c1-2-15(12-17-10-6-7-11-20(17)24)23-27-14-19-21(28-23)18(13-26-22(19)25)16-8-4-3-5-9-16/h3-5,8-9,13-15,17,20H,2,6-7,10-12,24H2,1H3,(H2,25,26). The number of nitrogens with zero attached hydrogens (tertiary/aromatic N) is 3. The SMILES string of the molecule is CCC(CC1CCCCC1N)c1ncc2c(N)ncc(-c3ccccc3)c2n1. The summed E-state index contributed by atoms with van der Waals surface area (Å²) in [5, 5.41) is 0.814. The molecule has 5 heteroatoms. The van der Waals surface area contributed by atoms with Crippen LogP contribution in [0.3, 0.4) is 0 Å². The molecule has 4 N–H and O–H groups in total. The average molecular weight is 376 g/mol. The van der Waals surface area contributed by atoms with Crippen LogP contribution in [0.1, 0.15) is 57.2 Å². The first kappa shape index (κ1) is 18.8. The molecular formula is C23H29N5. The summed E-state index contributed by atoms with van der Waals surface area (Å²) < 4.78 is 0. The third-order valence-electron chi connectivity index (χ3n) is 6.17. The largest absolute Gasteiger partial charge is 0.383 e. The van der Waals surface area contributed by atoms with Crippen molar-refractivity contribution in [2.24, 2.45) is 11.7 Å².